The molecule has 1 aromatic carbocycles. The van der Waals surface area contributed by atoms with Crippen LogP contribution in [0.1, 0.15) is 36.4 Å². The van der Waals surface area contributed by atoms with Gasteiger partial charge in [0.25, 0.3) is 0 Å². The molecule has 2 aromatic rings. The minimum atomic E-state index is -0.423. The van der Waals surface area contributed by atoms with E-state index in [1.165, 1.54) is 0 Å². The first kappa shape index (κ1) is 14.3. The highest BCUT2D eigenvalue weighted by Gasteiger charge is 2.14. The van der Waals surface area contributed by atoms with Gasteiger partial charge < -0.3 is 5.11 Å². The predicted octanol–water partition coefficient (Wildman–Crippen LogP) is 3.64. The van der Waals surface area contributed by atoms with Gasteiger partial charge in [0.05, 0.1) is 22.0 Å². The average molecular weight is 323 g/mol. The summed E-state index contributed by atoms with van der Waals surface area (Å²) in [7, 11) is 0. The van der Waals surface area contributed by atoms with Gasteiger partial charge in [0.2, 0.25) is 0 Å². The van der Waals surface area contributed by atoms with E-state index in [-0.39, 0.29) is 0 Å². The minimum Gasteiger partial charge on any atom is -0.388 e. The molecule has 0 bridgehead atoms. The summed E-state index contributed by atoms with van der Waals surface area (Å²) in [6.45, 7) is 4.92. The van der Waals surface area contributed by atoms with Crippen molar-refractivity contribution >= 4 is 15.9 Å². The zero-order chi connectivity index (χ0) is 13.8. The third-order valence-electron chi connectivity index (χ3n) is 3.29. The first-order valence-electron chi connectivity index (χ1n) is 6.58. The fourth-order valence-corrected chi connectivity index (χ4v) is 2.71. The molecule has 0 aliphatic carbocycles. The van der Waals surface area contributed by atoms with Gasteiger partial charge in [0.1, 0.15) is 0 Å². The van der Waals surface area contributed by atoms with Gasteiger partial charge in [0, 0.05) is 6.54 Å². The van der Waals surface area contributed by atoms with Gasteiger partial charge in [0.15, 0.2) is 0 Å². The number of aromatic nitrogens is 2. The predicted molar refractivity (Wildman–Crippen MR) is 80.1 cm³/mol. The van der Waals surface area contributed by atoms with E-state index in [4.69, 9.17) is 0 Å². The molecule has 0 spiro atoms. The van der Waals surface area contributed by atoms with Crippen LogP contribution in [0.25, 0.3) is 0 Å². The molecule has 1 aromatic heterocycles. The highest BCUT2D eigenvalue weighted by atomic mass is 79.9. The van der Waals surface area contributed by atoms with E-state index in [0.717, 1.165) is 34.4 Å². The Morgan fingerprint density at radius 3 is 2.63 bits per heavy atom. The lowest BCUT2D eigenvalue weighted by Crippen LogP contribution is -2.06. The Morgan fingerprint density at radius 2 is 2.00 bits per heavy atom. The number of hydrogen-bond acceptors (Lipinski definition) is 2. The van der Waals surface area contributed by atoms with Crippen molar-refractivity contribution in [3.8, 4) is 0 Å². The summed E-state index contributed by atoms with van der Waals surface area (Å²) in [6, 6.07) is 9.79. The summed E-state index contributed by atoms with van der Waals surface area (Å²) >= 11 is 3.58. The monoisotopic (exact) mass is 322 g/mol. The maximum absolute atomic E-state index is 10.2. The van der Waals surface area contributed by atoms with Crippen LogP contribution < -0.4 is 0 Å². The molecule has 0 amide bonds. The van der Waals surface area contributed by atoms with Gasteiger partial charge in [-0.2, -0.15) is 5.10 Å². The molecule has 1 atom stereocenters. The van der Waals surface area contributed by atoms with Crippen LogP contribution in [0.4, 0.5) is 0 Å². The van der Waals surface area contributed by atoms with E-state index in [0.29, 0.717) is 6.42 Å². The number of nitrogens with zero attached hydrogens (tertiary/aromatic N) is 2. The summed E-state index contributed by atoms with van der Waals surface area (Å²) in [5.74, 6) is 0. The molecule has 2 rings (SSSR count). The maximum Gasteiger partial charge on any atom is 0.0793 e. The van der Waals surface area contributed by atoms with Gasteiger partial charge in [-0.15, -0.1) is 0 Å². The lowest BCUT2D eigenvalue weighted by atomic mass is 10.0. The second-order valence-electron chi connectivity index (χ2n) is 4.63. The Kier molecular flexibility index (Phi) is 4.77. The van der Waals surface area contributed by atoms with Crippen LogP contribution in [-0.4, -0.2) is 14.9 Å². The van der Waals surface area contributed by atoms with Crippen LogP contribution in [0.5, 0.6) is 0 Å². The molecule has 0 saturated heterocycles. The SMILES string of the molecule is CCn1nc(C)c(Br)c1CCC(O)c1ccccc1. The Morgan fingerprint density at radius 1 is 1.32 bits per heavy atom. The van der Waals surface area contributed by atoms with Gasteiger partial charge in [-0.25, -0.2) is 0 Å². The number of aliphatic hydroxyl groups excluding tert-OH is 1. The molecule has 1 heterocycles. The average Bonchev–Trinajstić information content (AvgIpc) is 2.72. The summed E-state index contributed by atoms with van der Waals surface area (Å²) in [5, 5.41) is 14.7. The van der Waals surface area contributed by atoms with Crippen molar-refractivity contribution in [2.75, 3.05) is 0 Å². The fourth-order valence-electron chi connectivity index (χ4n) is 2.22. The minimum absolute atomic E-state index is 0.423. The molecule has 3 nitrogen and oxygen atoms in total. The van der Waals surface area contributed by atoms with Crippen LogP contribution in [0.3, 0.4) is 0 Å². The number of benzene rings is 1. The van der Waals surface area contributed by atoms with Crippen LogP contribution in [0.15, 0.2) is 34.8 Å². The molecule has 19 heavy (non-hydrogen) atoms. The first-order valence-corrected chi connectivity index (χ1v) is 7.37. The topological polar surface area (TPSA) is 38.0 Å². The first-order chi connectivity index (χ1) is 9.13. The summed E-state index contributed by atoms with van der Waals surface area (Å²) in [4.78, 5) is 0. The highest BCUT2D eigenvalue weighted by Crippen LogP contribution is 2.25. The van der Waals surface area contributed by atoms with Crippen LogP contribution in [-0.2, 0) is 13.0 Å². The Hall–Kier alpha value is -1.13. The smallest absolute Gasteiger partial charge is 0.0793 e. The third-order valence-corrected chi connectivity index (χ3v) is 4.32. The van der Waals surface area contributed by atoms with E-state index in [1.54, 1.807) is 0 Å². The molecule has 0 aliphatic heterocycles. The van der Waals surface area contributed by atoms with E-state index in [1.807, 2.05) is 41.9 Å². The zero-order valence-corrected chi connectivity index (χ0v) is 12.9. The standard InChI is InChI=1S/C15H19BrN2O/c1-3-18-13(15(16)11(2)17-18)9-10-14(19)12-7-5-4-6-8-12/h4-8,14,19H,3,9-10H2,1-2H3. The second-order valence-corrected chi connectivity index (χ2v) is 5.42. The number of halogens is 1. The molecule has 4 heteroatoms. The van der Waals surface area contributed by atoms with Crippen LogP contribution in [0, 0.1) is 6.92 Å². The zero-order valence-electron chi connectivity index (χ0n) is 11.3. The molecule has 0 saturated carbocycles. The molecular formula is C15H19BrN2O. The van der Waals surface area contributed by atoms with Gasteiger partial charge in [-0.1, -0.05) is 30.3 Å². The van der Waals surface area contributed by atoms with Crippen molar-refractivity contribution in [1.82, 2.24) is 9.78 Å². The van der Waals surface area contributed by atoms with Crippen LogP contribution >= 0.6 is 15.9 Å². The van der Waals surface area contributed by atoms with Crippen LogP contribution in [0.2, 0.25) is 0 Å². The van der Waals surface area contributed by atoms with E-state index >= 15 is 0 Å². The van der Waals surface area contributed by atoms with Gasteiger partial charge >= 0.3 is 0 Å². The molecule has 102 valence electrons. The van der Waals surface area contributed by atoms with E-state index in [2.05, 4.69) is 28.0 Å². The van der Waals surface area contributed by atoms with E-state index < -0.39 is 6.10 Å². The normalized spacial score (nSPS) is 12.6. The molecule has 1 N–H and O–H groups in total. The molecule has 0 radical (unpaired) electrons. The largest absolute Gasteiger partial charge is 0.388 e. The lowest BCUT2D eigenvalue weighted by Gasteiger charge is -2.11. The van der Waals surface area contributed by atoms with Gasteiger partial charge in [-0.05, 0) is 48.2 Å². The summed E-state index contributed by atoms with van der Waals surface area (Å²) in [5.41, 5.74) is 3.14. The number of aliphatic hydroxyl groups is 1. The van der Waals surface area contributed by atoms with Crippen molar-refractivity contribution in [2.24, 2.45) is 0 Å². The second kappa shape index (κ2) is 6.35. The third kappa shape index (κ3) is 3.25. The Balaban J connectivity index is 2.07. The Bertz CT molecular complexity index is 537. The van der Waals surface area contributed by atoms with Crippen molar-refractivity contribution in [3.63, 3.8) is 0 Å². The number of aryl methyl sites for hydroxylation is 2. The summed E-state index contributed by atoms with van der Waals surface area (Å²) in [6.07, 6.45) is 1.09. The molecular weight excluding hydrogens is 304 g/mol. The van der Waals surface area contributed by atoms with E-state index in [9.17, 15) is 5.11 Å². The highest BCUT2D eigenvalue weighted by molar-refractivity contribution is 9.10. The Labute approximate surface area is 122 Å². The number of hydrogen-bond donors (Lipinski definition) is 1. The van der Waals surface area contributed by atoms with Crippen molar-refractivity contribution in [1.29, 1.82) is 0 Å². The van der Waals surface area contributed by atoms with Crippen molar-refractivity contribution in [2.45, 2.75) is 39.3 Å². The molecule has 0 aliphatic rings. The summed E-state index contributed by atoms with van der Waals surface area (Å²) < 4.78 is 3.06. The molecule has 1 unspecified atom stereocenters. The quantitative estimate of drug-likeness (QED) is 0.912. The van der Waals surface area contributed by atoms with Crippen molar-refractivity contribution < 1.29 is 5.11 Å². The van der Waals surface area contributed by atoms with Gasteiger partial charge in [-0.3, -0.25) is 4.68 Å². The number of rotatable bonds is 5. The maximum atomic E-state index is 10.2. The molecule has 0 fully saturated rings. The fraction of sp³-hybridized carbons (Fsp3) is 0.400. The lowest BCUT2D eigenvalue weighted by molar-refractivity contribution is 0.167. The van der Waals surface area contributed by atoms with Crippen molar-refractivity contribution in [3.05, 3.63) is 51.8 Å².